The highest BCUT2D eigenvalue weighted by atomic mass is 35.5. The van der Waals surface area contributed by atoms with Crippen molar-refractivity contribution in [1.29, 1.82) is 0 Å². The number of hydrogen-bond acceptors (Lipinski definition) is 5. The van der Waals surface area contributed by atoms with Crippen molar-refractivity contribution in [3.05, 3.63) is 25.1 Å². The van der Waals surface area contributed by atoms with E-state index in [0.717, 1.165) is 0 Å². The molecule has 0 aromatic heterocycles. The van der Waals surface area contributed by atoms with Crippen LogP contribution in [0.4, 0.5) is 4.79 Å². The highest BCUT2D eigenvalue weighted by Gasteiger charge is 2.39. The van der Waals surface area contributed by atoms with E-state index in [9.17, 15) is 4.79 Å². The standard InChI is InChI=1S/C16H22Cl5NO5Si/c1-4-24-28(25-5-2,26-6-3)9-7-8-22-16(23)27-15-13(20)11(18)10(17)12(19)14(15)21/h4-9H2,1-3H3,(H,22,23). The molecule has 0 aliphatic carbocycles. The number of ether oxygens (including phenoxy) is 1. The number of carbonyl (C=O) groups is 1. The van der Waals surface area contributed by atoms with Crippen LogP contribution in [-0.4, -0.2) is 41.3 Å². The lowest BCUT2D eigenvalue weighted by Crippen LogP contribution is -2.46. The maximum Gasteiger partial charge on any atom is 0.500 e. The van der Waals surface area contributed by atoms with E-state index in [0.29, 0.717) is 38.8 Å². The molecule has 0 atom stereocenters. The van der Waals surface area contributed by atoms with Crippen LogP contribution >= 0.6 is 58.0 Å². The van der Waals surface area contributed by atoms with Crippen LogP contribution in [0.5, 0.6) is 5.75 Å². The van der Waals surface area contributed by atoms with Crippen LogP contribution in [0.1, 0.15) is 27.2 Å². The van der Waals surface area contributed by atoms with Gasteiger partial charge in [-0.1, -0.05) is 58.0 Å². The first-order valence-corrected chi connectivity index (χ1v) is 12.4. The highest BCUT2D eigenvalue weighted by molar-refractivity contribution is 6.60. The zero-order valence-electron chi connectivity index (χ0n) is 15.7. The zero-order valence-corrected chi connectivity index (χ0v) is 20.5. The molecule has 0 radical (unpaired) electrons. The molecule has 0 heterocycles. The van der Waals surface area contributed by atoms with Gasteiger partial charge in [-0.05, 0) is 27.2 Å². The average Bonchev–Trinajstić information content (AvgIpc) is 2.66. The predicted molar refractivity (Wildman–Crippen MR) is 116 cm³/mol. The van der Waals surface area contributed by atoms with Crippen molar-refractivity contribution in [2.45, 2.75) is 33.2 Å². The fourth-order valence-electron chi connectivity index (χ4n) is 2.30. The van der Waals surface area contributed by atoms with Gasteiger partial charge >= 0.3 is 14.9 Å². The Morgan fingerprint density at radius 2 is 1.25 bits per heavy atom. The van der Waals surface area contributed by atoms with Crippen molar-refractivity contribution in [1.82, 2.24) is 5.32 Å². The molecule has 0 saturated heterocycles. The normalized spacial score (nSPS) is 11.6. The second kappa shape index (κ2) is 12.7. The summed E-state index contributed by atoms with van der Waals surface area (Å²) in [5.74, 6) is -0.165. The summed E-state index contributed by atoms with van der Waals surface area (Å²) in [6, 6.07) is 0.545. The Bertz CT molecular complexity index is 633. The summed E-state index contributed by atoms with van der Waals surface area (Å²) in [6.07, 6.45) is -0.208. The van der Waals surface area contributed by atoms with Gasteiger partial charge in [-0.2, -0.15) is 0 Å². The summed E-state index contributed by atoms with van der Waals surface area (Å²) in [6.45, 7) is 7.39. The van der Waals surface area contributed by atoms with Crippen molar-refractivity contribution >= 4 is 72.9 Å². The molecule has 1 amide bonds. The van der Waals surface area contributed by atoms with E-state index < -0.39 is 14.9 Å². The smallest absolute Gasteiger partial charge is 0.407 e. The van der Waals surface area contributed by atoms with Crippen molar-refractivity contribution in [2.75, 3.05) is 26.4 Å². The Morgan fingerprint density at radius 1 is 0.821 bits per heavy atom. The first kappa shape index (κ1) is 26.1. The van der Waals surface area contributed by atoms with E-state index >= 15 is 0 Å². The number of benzene rings is 1. The summed E-state index contributed by atoms with van der Waals surface area (Å²) < 4.78 is 22.4. The number of nitrogens with one attached hydrogen (secondary N) is 1. The SMILES string of the molecule is CCO[Si](CCCNC(=O)Oc1c(Cl)c(Cl)c(Cl)c(Cl)c1Cl)(OCC)OCC. The van der Waals surface area contributed by atoms with Gasteiger partial charge in [0.05, 0.1) is 15.1 Å². The van der Waals surface area contributed by atoms with E-state index in [1.807, 2.05) is 20.8 Å². The molecule has 0 fully saturated rings. The zero-order chi connectivity index (χ0) is 21.3. The van der Waals surface area contributed by atoms with Gasteiger partial charge in [0.25, 0.3) is 0 Å². The minimum absolute atomic E-state index is 0.0184. The number of carbonyl (C=O) groups excluding carboxylic acids is 1. The monoisotopic (exact) mass is 511 g/mol. The molecule has 12 heteroatoms. The van der Waals surface area contributed by atoms with E-state index in [4.69, 9.17) is 76.0 Å². The van der Waals surface area contributed by atoms with Crippen LogP contribution in [0, 0.1) is 0 Å². The van der Waals surface area contributed by atoms with Gasteiger partial charge in [0.1, 0.15) is 10.0 Å². The Labute approximate surface area is 191 Å². The van der Waals surface area contributed by atoms with Crippen molar-refractivity contribution < 1.29 is 22.8 Å². The minimum Gasteiger partial charge on any atom is -0.407 e. The van der Waals surface area contributed by atoms with E-state index in [-0.39, 0.29) is 30.9 Å². The topological polar surface area (TPSA) is 66.0 Å². The van der Waals surface area contributed by atoms with E-state index in [1.54, 1.807) is 0 Å². The lowest BCUT2D eigenvalue weighted by Gasteiger charge is -2.28. The summed E-state index contributed by atoms with van der Waals surface area (Å²) >= 11 is 29.9. The van der Waals surface area contributed by atoms with E-state index in [1.165, 1.54) is 0 Å². The molecule has 1 rings (SSSR count). The first-order chi connectivity index (χ1) is 13.2. The van der Waals surface area contributed by atoms with Crippen LogP contribution in [0.3, 0.4) is 0 Å². The predicted octanol–water partition coefficient (Wildman–Crippen LogP) is 6.48. The summed E-state index contributed by atoms with van der Waals surface area (Å²) in [5.41, 5.74) is 0. The molecule has 6 nitrogen and oxygen atoms in total. The first-order valence-electron chi connectivity index (χ1n) is 8.61. The Morgan fingerprint density at radius 3 is 1.68 bits per heavy atom. The second-order valence-electron chi connectivity index (χ2n) is 5.30. The third-order valence-corrected chi connectivity index (χ3v) is 8.78. The number of amides is 1. The minimum atomic E-state index is -2.76. The molecule has 0 aliphatic heterocycles. The van der Waals surface area contributed by atoms with Gasteiger partial charge in [-0.15, -0.1) is 0 Å². The van der Waals surface area contributed by atoms with Crippen LogP contribution in [0.25, 0.3) is 0 Å². The molecule has 0 aliphatic rings. The number of hydrogen-bond donors (Lipinski definition) is 1. The van der Waals surface area contributed by atoms with Crippen LogP contribution < -0.4 is 10.1 Å². The molecule has 0 unspecified atom stereocenters. The molecule has 0 saturated carbocycles. The molecule has 28 heavy (non-hydrogen) atoms. The van der Waals surface area contributed by atoms with Gasteiger partial charge in [0.2, 0.25) is 0 Å². The number of halogens is 5. The van der Waals surface area contributed by atoms with Crippen LogP contribution in [0.2, 0.25) is 31.2 Å². The third kappa shape index (κ3) is 7.07. The molecule has 1 N–H and O–H groups in total. The van der Waals surface area contributed by atoms with Gasteiger partial charge in [-0.3, -0.25) is 0 Å². The van der Waals surface area contributed by atoms with Crippen molar-refractivity contribution in [2.24, 2.45) is 0 Å². The van der Waals surface area contributed by atoms with Crippen molar-refractivity contribution in [3.8, 4) is 5.75 Å². The van der Waals surface area contributed by atoms with Gasteiger partial charge < -0.3 is 23.3 Å². The lowest BCUT2D eigenvalue weighted by atomic mass is 10.3. The van der Waals surface area contributed by atoms with Crippen LogP contribution in [0.15, 0.2) is 0 Å². The maximum atomic E-state index is 12.1. The Kier molecular flexibility index (Phi) is 11.8. The molecule has 1 aromatic carbocycles. The van der Waals surface area contributed by atoms with Crippen LogP contribution in [-0.2, 0) is 13.3 Å². The second-order valence-corrected chi connectivity index (χ2v) is 9.92. The van der Waals surface area contributed by atoms with Gasteiger partial charge in [0.15, 0.2) is 5.75 Å². The van der Waals surface area contributed by atoms with Crippen molar-refractivity contribution in [3.63, 3.8) is 0 Å². The molecule has 1 aromatic rings. The molecular weight excluding hydrogens is 492 g/mol. The van der Waals surface area contributed by atoms with Gasteiger partial charge in [-0.25, -0.2) is 4.79 Å². The highest BCUT2D eigenvalue weighted by Crippen LogP contribution is 2.48. The fraction of sp³-hybridized carbons (Fsp3) is 0.562. The molecule has 0 bridgehead atoms. The Balaban J connectivity index is 2.66. The molecule has 0 spiro atoms. The molecular formula is C16H22Cl5NO5Si. The molecule has 160 valence electrons. The quantitative estimate of drug-likeness (QED) is 0.159. The largest absolute Gasteiger partial charge is 0.500 e. The fourth-order valence-corrected chi connectivity index (χ4v) is 6.11. The van der Waals surface area contributed by atoms with Gasteiger partial charge in [0, 0.05) is 32.4 Å². The summed E-state index contributed by atoms with van der Waals surface area (Å²) in [7, 11) is -2.76. The lowest BCUT2D eigenvalue weighted by molar-refractivity contribution is 0.0708. The third-order valence-electron chi connectivity index (χ3n) is 3.39. The van der Waals surface area contributed by atoms with E-state index in [2.05, 4.69) is 5.32 Å². The average molecular weight is 514 g/mol. The summed E-state index contributed by atoms with van der Waals surface area (Å²) in [4.78, 5) is 12.1. The summed E-state index contributed by atoms with van der Waals surface area (Å²) in [5, 5.41) is 2.26. The Hall–Kier alpha value is 0.0369. The number of rotatable bonds is 11. The maximum absolute atomic E-state index is 12.1.